The van der Waals surface area contributed by atoms with E-state index in [9.17, 15) is 0 Å². The number of nitrogens with zero attached hydrogens (tertiary/aromatic N) is 2. The Labute approximate surface area is 151 Å². The number of ether oxygens (including phenoxy) is 1. The van der Waals surface area contributed by atoms with Crippen LogP contribution in [-0.4, -0.2) is 17.1 Å². The first-order valence-corrected chi connectivity index (χ1v) is 8.41. The number of hydrogen-bond acceptors (Lipinski definition) is 5. The van der Waals surface area contributed by atoms with Crippen LogP contribution in [0.25, 0.3) is 0 Å². The van der Waals surface area contributed by atoms with E-state index in [1.165, 1.54) is 5.56 Å². The van der Waals surface area contributed by atoms with Crippen molar-refractivity contribution in [3.63, 3.8) is 0 Å². The summed E-state index contributed by atoms with van der Waals surface area (Å²) >= 11 is 6.25. The van der Waals surface area contributed by atoms with Crippen molar-refractivity contribution in [1.82, 2.24) is 9.97 Å². The van der Waals surface area contributed by atoms with Crippen LogP contribution in [0.3, 0.4) is 0 Å². The van der Waals surface area contributed by atoms with Crippen molar-refractivity contribution in [2.75, 3.05) is 17.7 Å². The fraction of sp³-hybridized carbons (Fsp3) is 0.158. The number of fused-ring (bicyclic) bond motifs is 6. The van der Waals surface area contributed by atoms with Crippen molar-refractivity contribution in [2.24, 2.45) is 0 Å². The summed E-state index contributed by atoms with van der Waals surface area (Å²) in [7, 11) is 1.69. The summed E-state index contributed by atoms with van der Waals surface area (Å²) < 4.78 is 5.50. The van der Waals surface area contributed by atoms with Gasteiger partial charge in [0.1, 0.15) is 10.8 Å². The number of benzene rings is 2. The molecule has 0 saturated heterocycles. The highest BCUT2D eigenvalue weighted by Gasteiger charge is 2.11. The molecule has 2 heterocycles. The molecule has 25 heavy (non-hydrogen) atoms. The molecule has 1 aromatic heterocycles. The first kappa shape index (κ1) is 15.7. The number of rotatable bonds is 1. The quantitative estimate of drug-likeness (QED) is 0.663. The normalized spacial score (nSPS) is 12.7. The number of halogens is 1. The summed E-state index contributed by atoms with van der Waals surface area (Å²) in [6, 6.07) is 14.2. The minimum absolute atomic E-state index is 0.464. The highest BCUT2D eigenvalue weighted by molar-refractivity contribution is 6.32. The molecule has 0 fully saturated rings. The van der Waals surface area contributed by atoms with E-state index < -0.39 is 0 Å². The van der Waals surface area contributed by atoms with Gasteiger partial charge in [0.25, 0.3) is 0 Å². The second-order valence-corrected chi connectivity index (χ2v) is 6.27. The molecule has 0 unspecified atom stereocenters. The van der Waals surface area contributed by atoms with Gasteiger partial charge >= 0.3 is 0 Å². The molecule has 6 bridgehead atoms. The molecule has 1 aliphatic rings. The van der Waals surface area contributed by atoms with Gasteiger partial charge < -0.3 is 15.4 Å². The lowest BCUT2D eigenvalue weighted by Crippen LogP contribution is -2.01. The molecule has 0 amide bonds. The van der Waals surface area contributed by atoms with Gasteiger partial charge in [-0.25, -0.2) is 4.98 Å². The van der Waals surface area contributed by atoms with Crippen LogP contribution >= 0.6 is 11.6 Å². The Morgan fingerprint density at radius 1 is 1.04 bits per heavy atom. The van der Waals surface area contributed by atoms with E-state index in [0.29, 0.717) is 16.8 Å². The molecule has 1 aliphatic heterocycles. The Kier molecular flexibility index (Phi) is 4.15. The van der Waals surface area contributed by atoms with E-state index >= 15 is 0 Å². The molecule has 0 radical (unpaired) electrons. The largest absolute Gasteiger partial charge is 0.496 e. The number of methoxy groups -OCH3 is 1. The third-order valence-electron chi connectivity index (χ3n) is 4.15. The minimum atomic E-state index is 0.464. The monoisotopic (exact) mass is 352 g/mol. The summed E-state index contributed by atoms with van der Waals surface area (Å²) in [4.78, 5) is 8.75. The molecular weight excluding hydrogens is 336 g/mol. The lowest BCUT2D eigenvalue weighted by atomic mass is 10.0. The Hall–Kier alpha value is -2.79. The molecular formula is C19H17ClN4O. The third-order valence-corrected chi connectivity index (χ3v) is 4.43. The predicted octanol–water partition coefficient (Wildman–Crippen LogP) is 4.72. The minimum Gasteiger partial charge on any atom is -0.496 e. The molecule has 0 spiro atoms. The molecule has 126 valence electrons. The highest BCUT2D eigenvalue weighted by Crippen LogP contribution is 2.30. The maximum absolute atomic E-state index is 6.25. The Morgan fingerprint density at radius 2 is 1.92 bits per heavy atom. The van der Waals surface area contributed by atoms with E-state index in [-0.39, 0.29) is 0 Å². The van der Waals surface area contributed by atoms with Crippen LogP contribution in [0.2, 0.25) is 5.02 Å². The molecule has 0 saturated carbocycles. The lowest BCUT2D eigenvalue weighted by Gasteiger charge is -2.12. The molecule has 0 aliphatic carbocycles. The van der Waals surface area contributed by atoms with Crippen molar-refractivity contribution in [3.8, 4) is 5.75 Å². The van der Waals surface area contributed by atoms with Gasteiger partial charge in [-0.1, -0.05) is 23.7 Å². The SMILES string of the molecule is COc1ccc2cc1CCc1cccc(c1)Nc1ncc(Cl)c(n1)N2. The molecule has 5 nitrogen and oxygen atoms in total. The van der Waals surface area contributed by atoms with E-state index in [0.717, 1.165) is 35.5 Å². The van der Waals surface area contributed by atoms with Crippen molar-refractivity contribution >= 4 is 34.7 Å². The van der Waals surface area contributed by atoms with Gasteiger partial charge in [0.2, 0.25) is 5.95 Å². The predicted molar refractivity (Wildman–Crippen MR) is 100 cm³/mol. The van der Waals surface area contributed by atoms with E-state index in [2.05, 4.69) is 38.8 Å². The standard InChI is InChI=1S/C19H17ClN4O/c1-25-17-8-7-15-10-13(17)6-5-12-3-2-4-14(9-12)23-19-21-11-16(20)18(22-15)24-19/h2-4,7-11H,5-6H2,1H3,(H2,21,22,23,24). The number of aryl methyl sites for hydroxylation is 2. The average Bonchev–Trinajstić information content (AvgIpc) is 2.63. The Balaban J connectivity index is 1.84. The Morgan fingerprint density at radius 3 is 2.80 bits per heavy atom. The zero-order chi connectivity index (χ0) is 17.2. The van der Waals surface area contributed by atoms with Crippen molar-refractivity contribution < 1.29 is 4.74 Å². The third kappa shape index (κ3) is 3.37. The van der Waals surface area contributed by atoms with Gasteiger partial charge in [-0.3, -0.25) is 0 Å². The average molecular weight is 353 g/mol. The second kappa shape index (κ2) is 6.61. The van der Waals surface area contributed by atoms with E-state index in [4.69, 9.17) is 16.3 Å². The Bertz CT molecular complexity index is 929. The number of aromatic nitrogens is 2. The van der Waals surface area contributed by atoms with Crippen molar-refractivity contribution in [2.45, 2.75) is 12.8 Å². The van der Waals surface area contributed by atoms with Crippen LogP contribution in [0.4, 0.5) is 23.1 Å². The fourth-order valence-electron chi connectivity index (χ4n) is 2.92. The molecule has 3 aromatic rings. The first-order valence-electron chi connectivity index (χ1n) is 8.04. The summed E-state index contributed by atoms with van der Waals surface area (Å²) in [5, 5.41) is 6.97. The summed E-state index contributed by atoms with van der Waals surface area (Å²) in [5.41, 5.74) is 4.23. The van der Waals surface area contributed by atoms with Crippen LogP contribution in [0.5, 0.6) is 5.75 Å². The molecule has 2 aromatic carbocycles. The smallest absolute Gasteiger partial charge is 0.229 e. The zero-order valence-electron chi connectivity index (χ0n) is 13.7. The molecule has 2 N–H and O–H groups in total. The van der Waals surface area contributed by atoms with Crippen LogP contribution in [-0.2, 0) is 12.8 Å². The lowest BCUT2D eigenvalue weighted by molar-refractivity contribution is 0.409. The van der Waals surface area contributed by atoms with E-state index in [1.807, 2.05) is 24.3 Å². The number of hydrogen-bond donors (Lipinski definition) is 2. The molecule has 0 atom stereocenters. The number of anilines is 4. The number of nitrogens with one attached hydrogen (secondary N) is 2. The maximum atomic E-state index is 6.25. The van der Waals surface area contributed by atoms with Gasteiger partial charge in [0.05, 0.1) is 13.3 Å². The summed E-state index contributed by atoms with van der Waals surface area (Å²) in [6.07, 6.45) is 3.38. The van der Waals surface area contributed by atoms with E-state index in [1.54, 1.807) is 13.3 Å². The van der Waals surface area contributed by atoms with Gasteiger partial charge in [-0.2, -0.15) is 4.98 Å². The summed E-state index contributed by atoms with van der Waals surface area (Å²) in [6.45, 7) is 0. The van der Waals surface area contributed by atoms with Gasteiger partial charge in [-0.15, -0.1) is 0 Å². The van der Waals surface area contributed by atoms with Crippen LogP contribution in [0.15, 0.2) is 48.7 Å². The van der Waals surface area contributed by atoms with Crippen LogP contribution in [0.1, 0.15) is 11.1 Å². The van der Waals surface area contributed by atoms with Crippen LogP contribution in [0, 0.1) is 0 Å². The summed E-state index contributed by atoms with van der Waals surface area (Å²) in [5.74, 6) is 1.94. The fourth-order valence-corrected chi connectivity index (χ4v) is 3.05. The molecule has 4 rings (SSSR count). The first-order chi connectivity index (χ1) is 12.2. The van der Waals surface area contributed by atoms with Crippen LogP contribution < -0.4 is 15.4 Å². The van der Waals surface area contributed by atoms with Gasteiger partial charge in [0, 0.05) is 11.4 Å². The van der Waals surface area contributed by atoms with Gasteiger partial charge in [0.15, 0.2) is 5.82 Å². The topological polar surface area (TPSA) is 59.1 Å². The highest BCUT2D eigenvalue weighted by atomic mass is 35.5. The van der Waals surface area contributed by atoms with Crippen molar-refractivity contribution in [1.29, 1.82) is 0 Å². The second-order valence-electron chi connectivity index (χ2n) is 5.87. The van der Waals surface area contributed by atoms with Crippen molar-refractivity contribution in [3.05, 3.63) is 64.8 Å². The van der Waals surface area contributed by atoms with Gasteiger partial charge in [-0.05, 0) is 54.3 Å². The molecule has 6 heteroatoms. The zero-order valence-corrected chi connectivity index (χ0v) is 14.5. The maximum Gasteiger partial charge on any atom is 0.229 e.